The van der Waals surface area contributed by atoms with Crippen molar-refractivity contribution in [1.82, 2.24) is 0 Å². The Balaban J connectivity index is 0.000000187. The first-order valence-electron chi connectivity index (χ1n) is 23.2. The molecule has 8 nitrogen and oxygen atoms in total. The molecule has 0 radical (unpaired) electrons. The zero-order chi connectivity index (χ0) is 47.3. The van der Waals surface area contributed by atoms with Crippen molar-refractivity contribution in [3.63, 3.8) is 0 Å². The average molecular weight is 903 g/mol. The van der Waals surface area contributed by atoms with E-state index in [1.54, 1.807) is 19.9 Å². The predicted octanol–water partition coefficient (Wildman–Crippen LogP) is 11.6. The molecule has 0 aliphatic heterocycles. The molecule has 0 bridgehead atoms. The number of carbonyl (C=O) groups excluding carboxylic acids is 3. The summed E-state index contributed by atoms with van der Waals surface area (Å²) in [5.41, 5.74) is 7.34. The van der Waals surface area contributed by atoms with Gasteiger partial charge in [0.1, 0.15) is 22.7 Å². The van der Waals surface area contributed by atoms with E-state index < -0.39 is 17.5 Å². The molecular weight excluding hydrogens is 849 g/mol. The lowest BCUT2D eigenvalue weighted by Gasteiger charge is -2.28. The first-order valence-corrected chi connectivity index (χ1v) is 23.2. The second-order valence-corrected chi connectivity index (χ2v) is 16.4. The van der Waals surface area contributed by atoms with Crippen molar-refractivity contribution in [2.24, 2.45) is 0 Å². The molecule has 1 N–H and O–H groups in total. The SMILES string of the molecule is CCOC(=O)C1=C(c2ccccc2)c2ccc(OCCCc3ccccc3)cc2C1(O)c1ccccc1.CCOC(=O)C1=C(c2ccccc2)c2ccc(OCCCc3ccccc3)cc2C1=O. The summed E-state index contributed by atoms with van der Waals surface area (Å²) in [7, 11) is 0. The minimum Gasteiger partial charge on any atom is -0.494 e. The molecule has 0 aromatic heterocycles. The average Bonchev–Trinajstić information content (AvgIpc) is 3.83. The number of carbonyl (C=O) groups is 3. The Bertz CT molecular complexity index is 2910. The van der Waals surface area contributed by atoms with Crippen molar-refractivity contribution in [2.45, 2.75) is 45.1 Å². The Morgan fingerprint density at radius 2 is 0.956 bits per heavy atom. The van der Waals surface area contributed by atoms with Crippen molar-refractivity contribution in [2.75, 3.05) is 26.4 Å². The number of Topliss-reactive ketones (excluding diaryl/α,β-unsaturated/α-hetero) is 1. The second-order valence-electron chi connectivity index (χ2n) is 16.4. The van der Waals surface area contributed by atoms with Crippen molar-refractivity contribution in [3.8, 4) is 11.5 Å². The van der Waals surface area contributed by atoms with Gasteiger partial charge in [-0.3, -0.25) is 4.79 Å². The van der Waals surface area contributed by atoms with Gasteiger partial charge in [0.2, 0.25) is 5.78 Å². The van der Waals surface area contributed by atoms with Gasteiger partial charge in [0.15, 0.2) is 0 Å². The molecule has 2 aliphatic carbocycles. The maximum atomic E-state index is 13.4. The maximum Gasteiger partial charge on any atom is 0.342 e. The van der Waals surface area contributed by atoms with E-state index in [1.807, 2.05) is 158 Å². The van der Waals surface area contributed by atoms with Gasteiger partial charge in [-0.05, 0) is 109 Å². The summed E-state index contributed by atoms with van der Waals surface area (Å²) >= 11 is 0. The number of aryl methyl sites for hydroxylation is 2. The maximum absolute atomic E-state index is 13.4. The third kappa shape index (κ3) is 10.3. The summed E-state index contributed by atoms with van der Waals surface area (Å²) in [6, 6.07) is 60.2. The number of rotatable bonds is 17. The van der Waals surface area contributed by atoms with E-state index in [9.17, 15) is 19.5 Å². The van der Waals surface area contributed by atoms with Crippen molar-refractivity contribution < 1.29 is 38.4 Å². The molecule has 7 aromatic rings. The summed E-state index contributed by atoms with van der Waals surface area (Å²) in [4.78, 5) is 39.2. The van der Waals surface area contributed by atoms with E-state index in [0.717, 1.165) is 47.9 Å². The number of esters is 2. The quantitative estimate of drug-likeness (QED) is 0.0547. The lowest BCUT2D eigenvalue weighted by molar-refractivity contribution is -0.140. The fourth-order valence-corrected chi connectivity index (χ4v) is 8.84. The number of fused-ring (bicyclic) bond motifs is 2. The van der Waals surface area contributed by atoms with Crippen LogP contribution >= 0.6 is 0 Å². The van der Waals surface area contributed by atoms with Crippen LogP contribution in [0.1, 0.15) is 81.6 Å². The highest BCUT2D eigenvalue weighted by Crippen LogP contribution is 2.52. The molecule has 342 valence electrons. The number of ether oxygens (including phenoxy) is 4. The second kappa shape index (κ2) is 22.1. The van der Waals surface area contributed by atoms with Crippen LogP contribution < -0.4 is 9.47 Å². The van der Waals surface area contributed by atoms with E-state index in [0.29, 0.717) is 52.5 Å². The molecule has 7 aromatic carbocycles. The molecule has 0 saturated carbocycles. The number of benzene rings is 7. The third-order valence-electron chi connectivity index (χ3n) is 12.0. The summed E-state index contributed by atoms with van der Waals surface area (Å²) in [5, 5.41) is 12.4. The van der Waals surface area contributed by atoms with Crippen molar-refractivity contribution in [1.29, 1.82) is 0 Å². The zero-order valence-electron chi connectivity index (χ0n) is 38.4. The topological polar surface area (TPSA) is 108 Å². The van der Waals surface area contributed by atoms with E-state index in [4.69, 9.17) is 18.9 Å². The highest BCUT2D eigenvalue weighted by molar-refractivity contribution is 6.35. The molecule has 1 unspecified atom stereocenters. The summed E-state index contributed by atoms with van der Waals surface area (Å²) in [6.07, 6.45) is 3.59. The molecule has 8 heteroatoms. The van der Waals surface area contributed by atoms with Gasteiger partial charge in [0.25, 0.3) is 0 Å². The molecule has 0 amide bonds. The van der Waals surface area contributed by atoms with Crippen LogP contribution in [0.2, 0.25) is 0 Å². The van der Waals surface area contributed by atoms with Crippen molar-refractivity contribution in [3.05, 3.63) is 249 Å². The Labute approximate surface area is 398 Å². The lowest BCUT2D eigenvalue weighted by atomic mass is 9.83. The monoisotopic (exact) mass is 902 g/mol. The van der Waals surface area contributed by atoms with E-state index >= 15 is 0 Å². The van der Waals surface area contributed by atoms with Crippen molar-refractivity contribution >= 4 is 28.9 Å². The van der Waals surface area contributed by atoms with Crippen LogP contribution in [0.3, 0.4) is 0 Å². The fraction of sp³-hybridized carbons (Fsp3) is 0.183. The minimum absolute atomic E-state index is 0.0873. The predicted molar refractivity (Wildman–Crippen MR) is 265 cm³/mol. The molecule has 0 spiro atoms. The number of ketones is 1. The Morgan fingerprint density at radius 3 is 1.49 bits per heavy atom. The van der Waals surface area contributed by atoms with Crippen LogP contribution in [0.15, 0.2) is 199 Å². The normalized spacial score (nSPS) is 14.7. The molecule has 68 heavy (non-hydrogen) atoms. The van der Waals surface area contributed by atoms with Crippen LogP contribution in [-0.2, 0) is 37.5 Å². The molecule has 2 aliphatic rings. The summed E-state index contributed by atoms with van der Waals surface area (Å²) in [5.74, 6) is -0.166. The van der Waals surface area contributed by atoms with Gasteiger partial charge < -0.3 is 24.1 Å². The Morgan fingerprint density at radius 1 is 0.500 bits per heavy atom. The van der Waals surface area contributed by atoms with Crippen LogP contribution in [0, 0.1) is 0 Å². The molecule has 0 saturated heterocycles. The van der Waals surface area contributed by atoms with Gasteiger partial charge in [-0.25, -0.2) is 9.59 Å². The van der Waals surface area contributed by atoms with Gasteiger partial charge in [-0.1, -0.05) is 158 Å². The van der Waals surface area contributed by atoms with Gasteiger partial charge in [-0.2, -0.15) is 0 Å². The van der Waals surface area contributed by atoms with Crippen LogP contribution in [0.25, 0.3) is 11.1 Å². The molecular formula is C60H54O8. The highest BCUT2D eigenvalue weighted by atomic mass is 16.5. The Kier molecular flexibility index (Phi) is 15.2. The van der Waals surface area contributed by atoms with Crippen LogP contribution in [-0.4, -0.2) is 49.3 Å². The van der Waals surface area contributed by atoms with Gasteiger partial charge in [-0.15, -0.1) is 0 Å². The highest BCUT2D eigenvalue weighted by Gasteiger charge is 2.49. The van der Waals surface area contributed by atoms with E-state index in [2.05, 4.69) is 24.3 Å². The molecule has 9 rings (SSSR count). The number of hydrogen-bond acceptors (Lipinski definition) is 8. The van der Waals surface area contributed by atoms with E-state index in [1.165, 1.54) is 11.1 Å². The Hall–Kier alpha value is -7.81. The molecule has 0 heterocycles. The van der Waals surface area contributed by atoms with Crippen LogP contribution in [0.5, 0.6) is 11.5 Å². The van der Waals surface area contributed by atoms with Gasteiger partial charge in [0, 0.05) is 22.3 Å². The standard InChI is InChI=1S/C33H30O4.C27H24O4/c1-2-36-32(34)31-30(25-16-8-4-9-17-25)28-21-20-27(37-22-12-15-24-13-6-3-7-14-24)23-29(28)33(31,35)26-18-10-5-11-19-26;1-2-30-27(29)25-24(20-13-7-4-8-14-20)22-16-15-21(18-23(22)26(25)28)31-17-9-12-19-10-5-3-6-11-19/h3-11,13-14,16-21,23,35H,2,12,15,22H2,1H3;3-8,10-11,13-16,18H,2,9,12,17H2,1H3. The fourth-order valence-electron chi connectivity index (χ4n) is 8.84. The van der Waals surface area contributed by atoms with E-state index in [-0.39, 0.29) is 30.1 Å². The summed E-state index contributed by atoms with van der Waals surface area (Å²) < 4.78 is 22.7. The third-order valence-corrected chi connectivity index (χ3v) is 12.0. The molecule has 0 fully saturated rings. The van der Waals surface area contributed by atoms with Gasteiger partial charge in [0.05, 0.1) is 32.0 Å². The van der Waals surface area contributed by atoms with Gasteiger partial charge >= 0.3 is 11.9 Å². The lowest BCUT2D eigenvalue weighted by Crippen LogP contribution is -2.32. The largest absolute Gasteiger partial charge is 0.494 e. The number of aliphatic hydroxyl groups is 1. The molecule has 1 atom stereocenters. The minimum atomic E-state index is -1.68. The number of hydrogen-bond donors (Lipinski definition) is 1. The zero-order valence-corrected chi connectivity index (χ0v) is 38.4. The summed E-state index contributed by atoms with van der Waals surface area (Å²) in [6.45, 7) is 5.01. The first kappa shape index (κ1) is 46.7. The first-order chi connectivity index (χ1) is 33.3. The van der Waals surface area contributed by atoms with Crippen LogP contribution in [0.4, 0.5) is 0 Å². The smallest absolute Gasteiger partial charge is 0.342 e.